The molecule has 0 N–H and O–H groups in total. The van der Waals surface area contributed by atoms with Crippen molar-refractivity contribution in [3.63, 3.8) is 0 Å². The zero-order valence-electron chi connectivity index (χ0n) is 13.4. The standard InChI is InChI=1S/C16H15N3O4S/c1-4-11-9(2)24-8-12(11)16-18-17-15(23-16)10-5-6-14(22-3)13(7-10)19(20)21/h5-8H,4H2,1-3H3. The molecule has 8 heteroatoms. The molecule has 1 aromatic carbocycles. The third-order valence-electron chi connectivity index (χ3n) is 3.74. The number of nitro groups is 1. The molecule has 0 radical (unpaired) electrons. The molecule has 0 fully saturated rings. The number of nitrogens with zero attached hydrogens (tertiary/aromatic N) is 3. The van der Waals surface area contributed by atoms with Crippen molar-refractivity contribution >= 4 is 17.0 Å². The fourth-order valence-electron chi connectivity index (χ4n) is 2.51. The topological polar surface area (TPSA) is 91.3 Å². The third-order valence-corrected chi connectivity index (χ3v) is 4.69. The second-order valence-corrected chi connectivity index (χ2v) is 6.18. The molecule has 7 nitrogen and oxygen atoms in total. The lowest BCUT2D eigenvalue weighted by molar-refractivity contribution is -0.385. The molecule has 0 aliphatic heterocycles. The van der Waals surface area contributed by atoms with Gasteiger partial charge in [-0.15, -0.1) is 21.5 Å². The highest BCUT2D eigenvalue weighted by Crippen LogP contribution is 2.35. The Morgan fingerprint density at radius 3 is 2.75 bits per heavy atom. The molecule has 3 rings (SSSR count). The number of methoxy groups -OCH3 is 1. The number of hydrogen-bond acceptors (Lipinski definition) is 7. The van der Waals surface area contributed by atoms with E-state index in [0.29, 0.717) is 11.5 Å². The lowest BCUT2D eigenvalue weighted by Crippen LogP contribution is -1.94. The third kappa shape index (κ3) is 2.76. The zero-order valence-corrected chi connectivity index (χ0v) is 14.2. The van der Waals surface area contributed by atoms with Gasteiger partial charge in [0.1, 0.15) is 0 Å². The highest BCUT2D eigenvalue weighted by Gasteiger charge is 2.20. The van der Waals surface area contributed by atoms with Gasteiger partial charge >= 0.3 is 5.69 Å². The lowest BCUT2D eigenvalue weighted by Gasteiger charge is -2.02. The highest BCUT2D eigenvalue weighted by molar-refractivity contribution is 7.10. The van der Waals surface area contributed by atoms with Gasteiger partial charge in [-0.1, -0.05) is 6.92 Å². The molecule has 0 atom stereocenters. The number of aryl methyl sites for hydroxylation is 1. The maximum atomic E-state index is 11.1. The molecule has 3 aromatic rings. The van der Waals surface area contributed by atoms with Gasteiger partial charge in [-0.3, -0.25) is 10.1 Å². The van der Waals surface area contributed by atoms with Crippen LogP contribution in [-0.4, -0.2) is 22.2 Å². The number of nitro benzene ring substituents is 1. The Labute approximate surface area is 142 Å². The maximum absolute atomic E-state index is 11.1. The van der Waals surface area contributed by atoms with Crippen LogP contribution in [0, 0.1) is 17.0 Å². The summed E-state index contributed by atoms with van der Waals surface area (Å²) in [6.45, 7) is 4.12. The Bertz CT molecular complexity index is 901. The number of ether oxygens (including phenoxy) is 1. The van der Waals surface area contributed by atoms with E-state index >= 15 is 0 Å². The van der Waals surface area contributed by atoms with Gasteiger partial charge in [0.25, 0.3) is 0 Å². The van der Waals surface area contributed by atoms with Gasteiger partial charge in [0, 0.05) is 21.9 Å². The van der Waals surface area contributed by atoms with Crippen LogP contribution in [0.5, 0.6) is 5.75 Å². The Morgan fingerprint density at radius 1 is 1.33 bits per heavy atom. The second-order valence-electron chi connectivity index (χ2n) is 5.09. The van der Waals surface area contributed by atoms with Crippen LogP contribution in [0.4, 0.5) is 5.69 Å². The highest BCUT2D eigenvalue weighted by atomic mass is 32.1. The number of thiophene rings is 1. The fourth-order valence-corrected chi connectivity index (χ4v) is 3.45. The summed E-state index contributed by atoms with van der Waals surface area (Å²) >= 11 is 1.63. The van der Waals surface area contributed by atoms with Crippen LogP contribution in [0.2, 0.25) is 0 Å². The van der Waals surface area contributed by atoms with Gasteiger partial charge in [-0.05, 0) is 31.0 Å². The average Bonchev–Trinajstić information content (AvgIpc) is 3.20. The fraction of sp³-hybridized carbons (Fsp3) is 0.250. The van der Waals surface area contributed by atoms with Gasteiger partial charge in [-0.2, -0.15) is 0 Å². The Balaban J connectivity index is 2.02. The minimum atomic E-state index is -0.503. The number of aromatic nitrogens is 2. The molecule has 0 saturated carbocycles. The summed E-state index contributed by atoms with van der Waals surface area (Å²) in [5, 5.41) is 21.2. The van der Waals surface area contributed by atoms with Crippen LogP contribution in [0.1, 0.15) is 17.4 Å². The van der Waals surface area contributed by atoms with Crippen molar-refractivity contribution in [2.45, 2.75) is 20.3 Å². The Hall–Kier alpha value is -2.74. The lowest BCUT2D eigenvalue weighted by atomic mass is 10.1. The maximum Gasteiger partial charge on any atom is 0.311 e. The summed E-state index contributed by atoms with van der Waals surface area (Å²) in [7, 11) is 1.39. The van der Waals surface area contributed by atoms with Crippen LogP contribution in [-0.2, 0) is 6.42 Å². The number of rotatable bonds is 5. The van der Waals surface area contributed by atoms with E-state index in [0.717, 1.165) is 12.0 Å². The minimum Gasteiger partial charge on any atom is -0.490 e. The summed E-state index contributed by atoms with van der Waals surface area (Å²) in [5.74, 6) is 0.844. The van der Waals surface area contributed by atoms with Gasteiger partial charge in [0.2, 0.25) is 11.8 Å². The van der Waals surface area contributed by atoms with E-state index in [9.17, 15) is 10.1 Å². The van der Waals surface area contributed by atoms with Crippen LogP contribution in [0.25, 0.3) is 22.9 Å². The molecule has 0 bridgehead atoms. The monoisotopic (exact) mass is 345 g/mol. The SMILES string of the molecule is CCc1c(-c2nnc(-c3ccc(OC)c([N+](=O)[O-])c3)o2)csc1C. The zero-order chi connectivity index (χ0) is 17.3. The van der Waals surface area contributed by atoms with Crippen molar-refractivity contribution in [1.82, 2.24) is 10.2 Å². The molecule has 0 aliphatic rings. The summed E-state index contributed by atoms with van der Waals surface area (Å²) < 4.78 is 10.7. The van der Waals surface area contributed by atoms with Crippen LogP contribution >= 0.6 is 11.3 Å². The summed E-state index contributed by atoms with van der Waals surface area (Å²) in [6.07, 6.45) is 0.871. The molecule has 124 valence electrons. The molecular formula is C16H15N3O4S. The molecular weight excluding hydrogens is 330 g/mol. The van der Waals surface area contributed by atoms with Crippen molar-refractivity contribution < 1.29 is 14.1 Å². The molecule has 2 heterocycles. The minimum absolute atomic E-state index is 0.143. The van der Waals surface area contributed by atoms with Crippen molar-refractivity contribution in [3.8, 4) is 28.7 Å². The van der Waals surface area contributed by atoms with Gasteiger partial charge in [0.05, 0.1) is 17.6 Å². The predicted molar refractivity (Wildman–Crippen MR) is 90.4 cm³/mol. The number of hydrogen-bond donors (Lipinski definition) is 0. The first kappa shape index (κ1) is 16.1. The molecule has 0 spiro atoms. The molecule has 0 unspecified atom stereocenters. The van der Waals surface area contributed by atoms with Crippen molar-refractivity contribution in [2.24, 2.45) is 0 Å². The summed E-state index contributed by atoms with van der Waals surface area (Å²) in [5.41, 5.74) is 2.43. The van der Waals surface area contributed by atoms with Gasteiger partial charge in [0.15, 0.2) is 5.75 Å². The number of benzene rings is 1. The largest absolute Gasteiger partial charge is 0.490 e. The smallest absolute Gasteiger partial charge is 0.311 e. The van der Waals surface area contributed by atoms with E-state index < -0.39 is 4.92 Å². The Morgan fingerprint density at radius 2 is 2.08 bits per heavy atom. The van der Waals surface area contributed by atoms with E-state index in [1.54, 1.807) is 17.4 Å². The average molecular weight is 345 g/mol. The van der Waals surface area contributed by atoms with Crippen LogP contribution in [0.3, 0.4) is 0 Å². The van der Waals surface area contributed by atoms with E-state index in [-0.39, 0.29) is 17.3 Å². The molecule has 24 heavy (non-hydrogen) atoms. The van der Waals surface area contributed by atoms with Crippen molar-refractivity contribution in [3.05, 3.63) is 44.1 Å². The first-order chi connectivity index (χ1) is 11.5. The van der Waals surface area contributed by atoms with E-state index in [4.69, 9.17) is 9.15 Å². The first-order valence-corrected chi connectivity index (χ1v) is 8.16. The quantitative estimate of drug-likeness (QED) is 0.507. The van der Waals surface area contributed by atoms with Crippen molar-refractivity contribution in [1.29, 1.82) is 0 Å². The van der Waals surface area contributed by atoms with Crippen LogP contribution < -0.4 is 4.74 Å². The second kappa shape index (κ2) is 6.40. The normalized spacial score (nSPS) is 10.8. The van der Waals surface area contributed by atoms with E-state index in [1.165, 1.54) is 29.7 Å². The molecule has 0 amide bonds. The predicted octanol–water partition coefficient (Wildman–Crippen LogP) is 4.25. The summed E-state index contributed by atoms with van der Waals surface area (Å²) in [4.78, 5) is 11.8. The van der Waals surface area contributed by atoms with E-state index in [2.05, 4.69) is 24.0 Å². The van der Waals surface area contributed by atoms with Crippen molar-refractivity contribution in [2.75, 3.05) is 7.11 Å². The Kier molecular flexibility index (Phi) is 4.30. The molecule has 0 saturated heterocycles. The molecule has 0 aliphatic carbocycles. The first-order valence-electron chi connectivity index (χ1n) is 7.28. The van der Waals surface area contributed by atoms with Gasteiger partial charge < -0.3 is 9.15 Å². The van der Waals surface area contributed by atoms with E-state index in [1.807, 2.05) is 5.38 Å². The van der Waals surface area contributed by atoms with Gasteiger partial charge in [-0.25, -0.2) is 0 Å². The summed E-state index contributed by atoms with van der Waals surface area (Å²) in [6, 6.07) is 4.54. The van der Waals surface area contributed by atoms with Crippen LogP contribution in [0.15, 0.2) is 28.0 Å². The molecule has 2 aromatic heterocycles.